The van der Waals surface area contributed by atoms with Crippen LogP contribution in [0.25, 0.3) is 0 Å². The molecule has 1 rings (SSSR count). The molecule has 8 heteroatoms. The highest BCUT2D eigenvalue weighted by molar-refractivity contribution is 7.88. The lowest BCUT2D eigenvalue weighted by molar-refractivity contribution is 0.141. The molecular formula is C10H21N3O4S. The standard InChI is InChI=1S/C10H21N3O4S/c1-3-17-9-4-11-10(14)12-5-7-13(8-6-12)18(2,15)16/h3-9H2,1-2H3,(H,11,14). The Kier molecular flexibility index (Phi) is 5.83. The molecule has 0 atom stereocenters. The molecule has 2 amide bonds. The summed E-state index contributed by atoms with van der Waals surface area (Å²) in [6.45, 7) is 5.05. The van der Waals surface area contributed by atoms with Gasteiger partial charge in [-0.15, -0.1) is 0 Å². The quantitative estimate of drug-likeness (QED) is 0.676. The zero-order valence-electron chi connectivity index (χ0n) is 10.9. The van der Waals surface area contributed by atoms with Gasteiger partial charge in [-0.05, 0) is 6.92 Å². The van der Waals surface area contributed by atoms with Crippen LogP contribution in [0.3, 0.4) is 0 Å². The second kappa shape index (κ2) is 6.91. The lowest BCUT2D eigenvalue weighted by Crippen LogP contribution is -2.53. The molecule has 0 saturated carbocycles. The number of ether oxygens (including phenoxy) is 1. The van der Waals surface area contributed by atoms with Gasteiger partial charge in [0.25, 0.3) is 0 Å². The van der Waals surface area contributed by atoms with Crippen LogP contribution >= 0.6 is 0 Å². The van der Waals surface area contributed by atoms with Crippen LogP contribution in [0.15, 0.2) is 0 Å². The van der Waals surface area contributed by atoms with Gasteiger partial charge in [0.1, 0.15) is 0 Å². The van der Waals surface area contributed by atoms with E-state index in [2.05, 4.69) is 5.32 Å². The van der Waals surface area contributed by atoms with Crippen molar-refractivity contribution in [1.29, 1.82) is 0 Å². The first kappa shape index (κ1) is 15.2. The van der Waals surface area contributed by atoms with E-state index in [1.165, 1.54) is 10.6 Å². The molecule has 0 unspecified atom stereocenters. The van der Waals surface area contributed by atoms with Gasteiger partial charge in [0, 0.05) is 39.3 Å². The van der Waals surface area contributed by atoms with E-state index in [-0.39, 0.29) is 6.03 Å². The average Bonchev–Trinajstić information content (AvgIpc) is 2.33. The van der Waals surface area contributed by atoms with Crippen molar-refractivity contribution < 1.29 is 17.9 Å². The number of urea groups is 1. The summed E-state index contributed by atoms with van der Waals surface area (Å²) < 4.78 is 29.1. The fourth-order valence-corrected chi connectivity index (χ4v) is 2.54. The number of nitrogens with one attached hydrogen (secondary N) is 1. The summed E-state index contributed by atoms with van der Waals surface area (Å²) in [6.07, 6.45) is 1.19. The number of rotatable bonds is 5. The van der Waals surface area contributed by atoms with Crippen LogP contribution < -0.4 is 5.32 Å². The molecule has 1 saturated heterocycles. The highest BCUT2D eigenvalue weighted by Crippen LogP contribution is 2.05. The molecule has 1 fully saturated rings. The summed E-state index contributed by atoms with van der Waals surface area (Å²) in [4.78, 5) is 13.3. The van der Waals surface area contributed by atoms with Crippen LogP contribution in [0.5, 0.6) is 0 Å². The Labute approximate surface area is 108 Å². The number of nitrogens with zero attached hydrogens (tertiary/aromatic N) is 2. The van der Waals surface area contributed by atoms with Gasteiger partial charge in [0.15, 0.2) is 0 Å². The van der Waals surface area contributed by atoms with E-state index < -0.39 is 10.0 Å². The van der Waals surface area contributed by atoms with Crippen molar-refractivity contribution >= 4 is 16.1 Å². The van der Waals surface area contributed by atoms with Gasteiger partial charge in [0.2, 0.25) is 10.0 Å². The van der Waals surface area contributed by atoms with Crippen molar-refractivity contribution in [1.82, 2.24) is 14.5 Å². The Bertz CT molecular complexity index is 363. The summed E-state index contributed by atoms with van der Waals surface area (Å²) in [7, 11) is -3.14. The van der Waals surface area contributed by atoms with Crippen LogP contribution in [0.1, 0.15) is 6.92 Å². The van der Waals surface area contributed by atoms with Crippen molar-refractivity contribution in [3.63, 3.8) is 0 Å². The summed E-state index contributed by atoms with van der Waals surface area (Å²) >= 11 is 0. The summed E-state index contributed by atoms with van der Waals surface area (Å²) in [6, 6.07) is -0.164. The summed E-state index contributed by atoms with van der Waals surface area (Å²) in [5.74, 6) is 0. The molecule has 1 N–H and O–H groups in total. The predicted molar refractivity (Wildman–Crippen MR) is 67.9 cm³/mol. The van der Waals surface area contributed by atoms with Gasteiger partial charge in [-0.2, -0.15) is 4.31 Å². The van der Waals surface area contributed by atoms with Crippen LogP contribution in [0.4, 0.5) is 4.79 Å². The summed E-state index contributed by atoms with van der Waals surface area (Å²) in [5, 5.41) is 2.73. The molecule has 1 heterocycles. The molecule has 0 spiro atoms. The molecule has 0 aromatic rings. The van der Waals surface area contributed by atoms with E-state index in [0.29, 0.717) is 45.9 Å². The third-order valence-electron chi connectivity index (χ3n) is 2.72. The minimum Gasteiger partial charge on any atom is -0.380 e. The lowest BCUT2D eigenvalue weighted by Gasteiger charge is -2.33. The molecule has 7 nitrogen and oxygen atoms in total. The van der Waals surface area contributed by atoms with Gasteiger partial charge in [-0.25, -0.2) is 13.2 Å². The second-order valence-electron chi connectivity index (χ2n) is 4.08. The smallest absolute Gasteiger partial charge is 0.317 e. The zero-order valence-corrected chi connectivity index (χ0v) is 11.7. The van der Waals surface area contributed by atoms with Gasteiger partial charge in [-0.3, -0.25) is 0 Å². The van der Waals surface area contributed by atoms with Crippen LogP contribution in [-0.2, 0) is 14.8 Å². The van der Waals surface area contributed by atoms with Crippen molar-refractivity contribution in [3.05, 3.63) is 0 Å². The Hall–Kier alpha value is -0.860. The van der Waals surface area contributed by atoms with Crippen molar-refractivity contribution in [2.24, 2.45) is 0 Å². The first-order valence-corrected chi connectivity index (χ1v) is 7.85. The number of piperazine rings is 1. The Balaban J connectivity index is 2.28. The van der Waals surface area contributed by atoms with E-state index in [0.717, 1.165) is 0 Å². The Morgan fingerprint density at radius 1 is 1.28 bits per heavy atom. The fourth-order valence-electron chi connectivity index (χ4n) is 1.71. The number of carbonyl (C=O) groups excluding carboxylic acids is 1. The zero-order chi connectivity index (χ0) is 13.6. The molecule has 0 bridgehead atoms. The van der Waals surface area contributed by atoms with E-state index in [4.69, 9.17) is 4.74 Å². The number of carbonyl (C=O) groups is 1. The minimum absolute atomic E-state index is 0.164. The first-order chi connectivity index (χ1) is 8.45. The SMILES string of the molecule is CCOCCNC(=O)N1CCN(S(C)(=O)=O)CC1. The predicted octanol–water partition coefficient (Wildman–Crippen LogP) is -0.690. The van der Waals surface area contributed by atoms with Crippen molar-refractivity contribution in [2.75, 3.05) is 52.2 Å². The molecule has 106 valence electrons. The second-order valence-corrected chi connectivity index (χ2v) is 6.06. The van der Waals surface area contributed by atoms with Crippen LogP contribution in [0, 0.1) is 0 Å². The first-order valence-electron chi connectivity index (χ1n) is 6.00. The minimum atomic E-state index is -3.14. The molecule has 0 aliphatic carbocycles. The van der Waals surface area contributed by atoms with E-state index in [1.807, 2.05) is 6.92 Å². The molecule has 0 aromatic heterocycles. The Morgan fingerprint density at radius 3 is 2.39 bits per heavy atom. The number of sulfonamides is 1. The summed E-state index contributed by atoms with van der Waals surface area (Å²) in [5.41, 5.74) is 0. The molecule has 18 heavy (non-hydrogen) atoms. The van der Waals surface area contributed by atoms with E-state index in [9.17, 15) is 13.2 Å². The fraction of sp³-hybridized carbons (Fsp3) is 0.900. The number of hydrogen-bond donors (Lipinski definition) is 1. The maximum absolute atomic E-state index is 11.7. The number of hydrogen-bond acceptors (Lipinski definition) is 4. The molecule has 1 aliphatic heterocycles. The third-order valence-corrected chi connectivity index (χ3v) is 4.02. The topological polar surface area (TPSA) is 79.0 Å². The largest absolute Gasteiger partial charge is 0.380 e. The molecule has 0 radical (unpaired) electrons. The molecule has 1 aliphatic rings. The van der Waals surface area contributed by atoms with Gasteiger partial charge in [0.05, 0.1) is 12.9 Å². The normalized spacial score (nSPS) is 17.8. The highest BCUT2D eigenvalue weighted by Gasteiger charge is 2.25. The molecular weight excluding hydrogens is 258 g/mol. The monoisotopic (exact) mass is 279 g/mol. The Morgan fingerprint density at radius 2 is 1.89 bits per heavy atom. The van der Waals surface area contributed by atoms with E-state index >= 15 is 0 Å². The van der Waals surface area contributed by atoms with E-state index in [1.54, 1.807) is 4.90 Å². The van der Waals surface area contributed by atoms with Gasteiger partial charge < -0.3 is 15.0 Å². The lowest BCUT2D eigenvalue weighted by atomic mass is 10.4. The molecule has 0 aromatic carbocycles. The maximum atomic E-state index is 11.7. The van der Waals surface area contributed by atoms with Crippen LogP contribution in [-0.4, -0.2) is 75.8 Å². The van der Waals surface area contributed by atoms with Crippen molar-refractivity contribution in [2.45, 2.75) is 6.92 Å². The highest BCUT2D eigenvalue weighted by atomic mass is 32.2. The van der Waals surface area contributed by atoms with Crippen LogP contribution in [0.2, 0.25) is 0 Å². The maximum Gasteiger partial charge on any atom is 0.317 e. The van der Waals surface area contributed by atoms with Gasteiger partial charge >= 0.3 is 6.03 Å². The average molecular weight is 279 g/mol. The third kappa shape index (κ3) is 4.79. The van der Waals surface area contributed by atoms with Crippen molar-refractivity contribution in [3.8, 4) is 0 Å². The number of amides is 2. The van der Waals surface area contributed by atoms with Gasteiger partial charge in [-0.1, -0.05) is 0 Å².